The lowest BCUT2D eigenvalue weighted by molar-refractivity contribution is -0.116. The van der Waals surface area contributed by atoms with E-state index in [9.17, 15) is 21.6 Å². The number of rotatable bonds is 5. The molecule has 0 aliphatic rings. The lowest BCUT2D eigenvalue weighted by Gasteiger charge is -2.09. The van der Waals surface area contributed by atoms with Crippen LogP contribution in [0.4, 0.5) is 5.69 Å². The highest BCUT2D eigenvalue weighted by atomic mass is 32.2. The van der Waals surface area contributed by atoms with Gasteiger partial charge < -0.3 is 9.88 Å². The highest BCUT2D eigenvalue weighted by Gasteiger charge is 2.21. The molecule has 11 heteroatoms. The molecule has 0 spiro atoms. The fourth-order valence-electron chi connectivity index (χ4n) is 2.56. The molecule has 1 aromatic heterocycles. The minimum absolute atomic E-state index is 0.0829. The number of amides is 1. The zero-order chi connectivity index (χ0) is 19.8. The number of anilines is 1. The van der Waals surface area contributed by atoms with Gasteiger partial charge in [0.1, 0.15) is 6.54 Å². The Balaban J connectivity index is 1.88. The van der Waals surface area contributed by atoms with E-state index in [1.54, 1.807) is 24.3 Å². The van der Waals surface area contributed by atoms with Gasteiger partial charge in [0.25, 0.3) is 0 Å². The van der Waals surface area contributed by atoms with E-state index in [1.807, 2.05) is 0 Å². The van der Waals surface area contributed by atoms with Gasteiger partial charge in [0.05, 0.1) is 15.9 Å². The maximum Gasteiger partial charge on any atom is 0.244 e. The number of sulfonamides is 1. The van der Waals surface area contributed by atoms with Gasteiger partial charge in [-0.3, -0.25) is 4.79 Å². The van der Waals surface area contributed by atoms with Crippen LogP contribution in [0, 0.1) is 0 Å². The molecule has 3 N–H and O–H groups in total. The molecule has 2 aromatic carbocycles. The summed E-state index contributed by atoms with van der Waals surface area (Å²) in [6.07, 6.45) is 1.02. The van der Waals surface area contributed by atoms with Gasteiger partial charge in [0.15, 0.2) is 0 Å². The smallest absolute Gasteiger partial charge is 0.244 e. The fourth-order valence-corrected chi connectivity index (χ4v) is 3.90. The van der Waals surface area contributed by atoms with Crippen molar-refractivity contribution in [3.05, 3.63) is 48.5 Å². The number of fused-ring (bicyclic) bond motifs is 1. The molecule has 1 amide bonds. The molecule has 0 aliphatic carbocycles. The average Bonchev–Trinajstić information content (AvgIpc) is 2.93. The van der Waals surface area contributed by atoms with Gasteiger partial charge >= 0.3 is 0 Å². The van der Waals surface area contributed by atoms with E-state index < -0.39 is 25.8 Å². The molecule has 0 saturated heterocycles. The number of aromatic nitrogens is 2. The summed E-state index contributed by atoms with van der Waals surface area (Å²) in [7, 11) is -7.47. The molecule has 0 aliphatic heterocycles. The lowest BCUT2D eigenvalue weighted by atomic mass is 10.3. The summed E-state index contributed by atoms with van der Waals surface area (Å²) in [4.78, 5) is 16.4. The van der Waals surface area contributed by atoms with Crippen LogP contribution in [0.1, 0.15) is 0 Å². The number of nitrogens with zero attached hydrogens (tertiary/aromatic N) is 2. The number of imidazole rings is 1. The summed E-state index contributed by atoms with van der Waals surface area (Å²) in [5.74, 6) is -0.494. The Morgan fingerprint density at radius 2 is 1.70 bits per heavy atom. The van der Waals surface area contributed by atoms with Crippen LogP contribution >= 0.6 is 0 Å². The van der Waals surface area contributed by atoms with Crippen molar-refractivity contribution in [2.24, 2.45) is 5.14 Å². The summed E-state index contributed by atoms with van der Waals surface area (Å²) >= 11 is 0. The first-order valence-corrected chi connectivity index (χ1v) is 11.1. The van der Waals surface area contributed by atoms with Gasteiger partial charge in [-0.1, -0.05) is 12.1 Å². The predicted molar refractivity (Wildman–Crippen MR) is 99.3 cm³/mol. The predicted octanol–water partition coefficient (Wildman–Crippen LogP) is 0.726. The lowest BCUT2D eigenvalue weighted by Crippen LogP contribution is -2.21. The first-order chi connectivity index (χ1) is 12.6. The zero-order valence-electron chi connectivity index (χ0n) is 14.2. The summed E-state index contributed by atoms with van der Waals surface area (Å²) in [6, 6.07) is 12.1. The third-order valence-electron chi connectivity index (χ3n) is 3.72. The Morgan fingerprint density at radius 3 is 2.30 bits per heavy atom. The van der Waals surface area contributed by atoms with E-state index in [0.717, 1.165) is 6.26 Å². The van der Waals surface area contributed by atoms with Crippen LogP contribution in [0.15, 0.2) is 58.6 Å². The Labute approximate surface area is 155 Å². The van der Waals surface area contributed by atoms with Crippen LogP contribution < -0.4 is 10.5 Å². The van der Waals surface area contributed by atoms with Gasteiger partial charge in [0.2, 0.25) is 30.9 Å². The van der Waals surface area contributed by atoms with Crippen LogP contribution in [0.2, 0.25) is 0 Å². The highest BCUT2D eigenvalue weighted by molar-refractivity contribution is 7.90. The van der Waals surface area contributed by atoms with Crippen molar-refractivity contribution in [2.75, 3.05) is 11.6 Å². The number of para-hydroxylation sites is 2. The van der Waals surface area contributed by atoms with E-state index in [1.165, 1.54) is 28.8 Å². The number of carbonyl (C=O) groups is 1. The Morgan fingerprint density at radius 1 is 1.07 bits per heavy atom. The molecule has 27 heavy (non-hydrogen) atoms. The molecule has 9 nitrogen and oxygen atoms in total. The summed E-state index contributed by atoms with van der Waals surface area (Å²) in [5, 5.41) is 7.41. The van der Waals surface area contributed by atoms with Crippen molar-refractivity contribution in [1.29, 1.82) is 0 Å². The topological polar surface area (TPSA) is 141 Å². The van der Waals surface area contributed by atoms with Crippen molar-refractivity contribution >= 4 is 42.5 Å². The molecule has 0 unspecified atom stereocenters. The third kappa shape index (κ3) is 4.15. The third-order valence-corrected chi connectivity index (χ3v) is 5.62. The van der Waals surface area contributed by atoms with Crippen LogP contribution in [0.3, 0.4) is 0 Å². The number of hydrogen-bond acceptors (Lipinski definition) is 6. The summed E-state index contributed by atoms with van der Waals surface area (Å²) in [5.41, 5.74) is 1.32. The Bertz CT molecular complexity index is 1230. The molecule has 3 rings (SSSR count). The van der Waals surface area contributed by atoms with Crippen molar-refractivity contribution < 1.29 is 21.6 Å². The second kappa shape index (κ2) is 6.76. The first-order valence-electron chi connectivity index (χ1n) is 7.64. The zero-order valence-corrected chi connectivity index (χ0v) is 15.8. The summed E-state index contributed by atoms with van der Waals surface area (Å²) < 4.78 is 47.9. The number of primary sulfonamides is 1. The first kappa shape index (κ1) is 19.0. The van der Waals surface area contributed by atoms with Gasteiger partial charge in [-0.2, -0.15) is 0 Å². The maximum atomic E-state index is 12.4. The molecular weight excluding hydrogens is 392 g/mol. The van der Waals surface area contributed by atoms with E-state index in [0.29, 0.717) is 16.7 Å². The van der Waals surface area contributed by atoms with Crippen molar-refractivity contribution in [1.82, 2.24) is 9.55 Å². The largest absolute Gasteiger partial charge is 0.325 e. The number of sulfone groups is 1. The number of nitrogens with one attached hydrogen (secondary N) is 1. The fraction of sp³-hybridized carbons (Fsp3) is 0.125. The van der Waals surface area contributed by atoms with E-state index in [-0.39, 0.29) is 16.6 Å². The van der Waals surface area contributed by atoms with E-state index in [4.69, 9.17) is 5.14 Å². The minimum atomic E-state index is -3.83. The number of hydrogen-bond donors (Lipinski definition) is 2. The van der Waals surface area contributed by atoms with E-state index >= 15 is 0 Å². The number of nitrogens with two attached hydrogens (primary N) is 1. The number of carbonyl (C=O) groups excluding carboxylic acids is 1. The molecule has 0 atom stereocenters. The Kier molecular flexibility index (Phi) is 4.76. The van der Waals surface area contributed by atoms with Crippen LogP contribution in [-0.4, -0.2) is 38.5 Å². The number of benzene rings is 2. The standard InChI is InChI=1S/C16H16N4O5S2/c1-26(22,23)16-19-13-4-2-3-5-14(13)20(16)10-15(21)18-11-6-8-12(9-7-11)27(17,24)25/h2-9H,10H2,1H3,(H,18,21)(H2,17,24,25). The minimum Gasteiger partial charge on any atom is -0.325 e. The molecule has 0 radical (unpaired) electrons. The Hall–Kier alpha value is -2.76. The molecule has 1 heterocycles. The normalized spacial score (nSPS) is 12.2. The highest BCUT2D eigenvalue weighted by Crippen LogP contribution is 2.20. The molecule has 3 aromatic rings. The average molecular weight is 408 g/mol. The molecule has 0 bridgehead atoms. The van der Waals surface area contributed by atoms with Crippen LogP contribution in [-0.2, 0) is 31.2 Å². The maximum absolute atomic E-state index is 12.4. The van der Waals surface area contributed by atoms with Crippen LogP contribution in [0.5, 0.6) is 0 Å². The van der Waals surface area contributed by atoms with Gasteiger partial charge in [-0.25, -0.2) is 27.0 Å². The second-order valence-electron chi connectivity index (χ2n) is 5.86. The molecule has 0 fully saturated rings. The van der Waals surface area contributed by atoms with Crippen molar-refractivity contribution in [2.45, 2.75) is 16.6 Å². The molecule has 0 saturated carbocycles. The quantitative estimate of drug-likeness (QED) is 0.637. The van der Waals surface area contributed by atoms with Gasteiger partial charge in [0, 0.05) is 11.9 Å². The van der Waals surface area contributed by atoms with Gasteiger partial charge in [-0.05, 0) is 36.4 Å². The summed E-state index contributed by atoms with van der Waals surface area (Å²) in [6.45, 7) is -0.278. The van der Waals surface area contributed by atoms with Crippen LogP contribution in [0.25, 0.3) is 11.0 Å². The monoisotopic (exact) mass is 408 g/mol. The molecular formula is C16H16N4O5S2. The van der Waals surface area contributed by atoms with Gasteiger partial charge in [-0.15, -0.1) is 0 Å². The van der Waals surface area contributed by atoms with Crippen molar-refractivity contribution in [3.63, 3.8) is 0 Å². The SMILES string of the molecule is CS(=O)(=O)c1nc2ccccc2n1CC(=O)Nc1ccc(S(N)(=O)=O)cc1. The molecule has 142 valence electrons. The van der Waals surface area contributed by atoms with E-state index in [2.05, 4.69) is 10.3 Å². The van der Waals surface area contributed by atoms with Crippen molar-refractivity contribution in [3.8, 4) is 0 Å². The second-order valence-corrected chi connectivity index (χ2v) is 9.33.